The fourth-order valence-corrected chi connectivity index (χ4v) is 4.95. The van der Waals surface area contributed by atoms with Crippen LogP contribution in [0.25, 0.3) is 27.8 Å². The number of aromatic nitrogens is 2. The zero-order valence-corrected chi connectivity index (χ0v) is 19.6. The van der Waals surface area contributed by atoms with Crippen LogP contribution in [-0.2, 0) is 4.74 Å². The van der Waals surface area contributed by atoms with Crippen molar-refractivity contribution in [3.8, 4) is 11.1 Å². The highest BCUT2D eigenvalue weighted by Gasteiger charge is 2.27. The molecule has 0 amide bonds. The monoisotopic (exact) mass is 458 g/mol. The number of piperazine rings is 1. The summed E-state index contributed by atoms with van der Waals surface area (Å²) in [7, 11) is 2.17. The third-order valence-electron chi connectivity index (χ3n) is 6.82. The Morgan fingerprint density at radius 1 is 0.912 bits per heavy atom. The number of morpholine rings is 1. The largest absolute Gasteiger partial charge is 0.437 e. The number of hydrogen-bond acceptors (Lipinski definition) is 8. The summed E-state index contributed by atoms with van der Waals surface area (Å²) < 4.78 is 12.1. The van der Waals surface area contributed by atoms with E-state index in [0.717, 1.165) is 92.7 Å². The number of hydrazine groups is 1. The molecule has 3 aromatic rings. The van der Waals surface area contributed by atoms with E-state index in [9.17, 15) is 0 Å². The van der Waals surface area contributed by atoms with E-state index in [0.29, 0.717) is 5.71 Å². The number of rotatable bonds is 4. The van der Waals surface area contributed by atoms with Gasteiger partial charge in [-0.15, -0.1) is 0 Å². The summed E-state index contributed by atoms with van der Waals surface area (Å²) in [5, 5.41) is 5.60. The Kier molecular flexibility index (Phi) is 5.78. The first-order valence-electron chi connectivity index (χ1n) is 12.0. The maximum absolute atomic E-state index is 6.50. The summed E-state index contributed by atoms with van der Waals surface area (Å²) in [5.41, 5.74) is 3.85. The van der Waals surface area contributed by atoms with Gasteiger partial charge in [-0.05, 0) is 12.6 Å². The van der Waals surface area contributed by atoms with Gasteiger partial charge >= 0.3 is 0 Å². The van der Waals surface area contributed by atoms with Gasteiger partial charge in [0.25, 0.3) is 0 Å². The number of anilines is 1. The van der Waals surface area contributed by atoms with Crippen LogP contribution in [0.3, 0.4) is 0 Å². The van der Waals surface area contributed by atoms with Crippen molar-refractivity contribution in [2.75, 3.05) is 71.0 Å². The minimum atomic E-state index is 0.635. The zero-order chi connectivity index (χ0) is 22.9. The molecule has 8 nitrogen and oxygen atoms in total. The van der Waals surface area contributed by atoms with E-state index in [1.165, 1.54) is 0 Å². The quantitative estimate of drug-likeness (QED) is 0.591. The highest BCUT2D eigenvalue weighted by molar-refractivity contribution is 6.05. The average molecular weight is 459 g/mol. The molecule has 0 spiro atoms. The second-order valence-electron chi connectivity index (χ2n) is 9.01. The van der Waals surface area contributed by atoms with E-state index in [2.05, 4.69) is 74.5 Å². The van der Waals surface area contributed by atoms with Gasteiger partial charge < -0.3 is 24.0 Å². The van der Waals surface area contributed by atoms with Gasteiger partial charge in [-0.1, -0.05) is 42.5 Å². The number of fused-ring (bicyclic) bond motifs is 1. The van der Waals surface area contributed by atoms with Crippen molar-refractivity contribution < 1.29 is 9.15 Å². The molecule has 2 saturated heterocycles. The fourth-order valence-electron chi connectivity index (χ4n) is 4.95. The molecule has 5 heterocycles. The van der Waals surface area contributed by atoms with Crippen LogP contribution in [0, 0.1) is 0 Å². The number of benzene rings is 1. The van der Waals surface area contributed by atoms with Gasteiger partial charge in [-0.3, -0.25) is 0 Å². The molecule has 0 unspecified atom stereocenters. The SMILES string of the molecule is CN1CCN(c2ncnc3oc(C4=CN(N5CCOCC5)CC=C4)c(-c4ccccc4)c23)CC1. The van der Waals surface area contributed by atoms with E-state index in [1.54, 1.807) is 6.33 Å². The Balaban J connectivity index is 1.49. The van der Waals surface area contributed by atoms with E-state index < -0.39 is 0 Å². The van der Waals surface area contributed by atoms with Crippen molar-refractivity contribution in [2.24, 2.45) is 0 Å². The minimum Gasteiger partial charge on any atom is -0.437 e. The average Bonchev–Trinajstić information content (AvgIpc) is 3.30. The second kappa shape index (κ2) is 9.21. The van der Waals surface area contributed by atoms with E-state index in [4.69, 9.17) is 14.1 Å². The third kappa shape index (κ3) is 3.98. The van der Waals surface area contributed by atoms with Crippen molar-refractivity contribution in [2.45, 2.75) is 0 Å². The van der Waals surface area contributed by atoms with Crippen LogP contribution < -0.4 is 4.90 Å². The van der Waals surface area contributed by atoms with Crippen molar-refractivity contribution in [1.29, 1.82) is 0 Å². The molecule has 0 saturated carbocycles. The van der Waals surface area contributed by atoms with Crippen molar-refractivity contribution in [3.63, 3.8) is 0 Å². The summed E-state index contributed by atoms with van der Waals surface area (Å²) in [4.78, 5) is 14.0. The van der Waals surface area contributed by atoms with Gasteiger partial charge in [0.05, 0.1) is 25.1 Å². The van der Waals surface area contributed by atoms with Crippen LogP contribution in [0.2, 0.25) is 0 Å². The van der Waals surface area contributed by atoms with Crippen molar-refractivity contribution in [1.82, 2.24) is 24.9 Å². The lowest BCUT2D eigenvalue weighted by Crippen LogP contribution is -2.46. The zero-order valence-electron chi connectivity index (χ0n) is 19.6. The number of nitrogens with zero attached hydrogens (tertiary/aromatic N) is 6. The molecule has 0 bridgehead atoms. The van der Waals surface area contributed by atoms with Crippen LogP contribution in [0.5, 0.6) is 0 Å². The molecule has 0 atom stereocenters. The maximum atomic E-state index is 6.50. The number of hydrogen-bond donors (Lipinski definition) is 0. The lowest BCUT2D eigenvalue weighted by atomic mass is 9.98. The minimum absolute atomic E-state index is 0.635. The number of allylic oxidation sites excluding steroid dienone is 2. The summed E-state index contributed by atoms with van der Waals surface area (Å²) in [6.45, 7) is 8.04. The molecule has 8 heteroatoms. The third-order valence-corrected chi connectivity index (χ3v) is 6.82. The first kappa shape index (κ1) is 21.3. The standard InChI is InChI=1S/C26H30N6O2/c1-29-10-12-30(13-11-29)25-23-22(20-6-3-2-4-7-20)24(34-26(23)28-19-27-25)21-8-5-9-32(18-21)31-14-16-33-17-15-31/h2-8,18-19H,9-17H2,1H3. The topological polar surface area (TPSA) is 61.1 Å². The number of furan rings is 1. The first-order valence-corrected chi connectivity index (χ1v) is 12.0. The molecule has 176 valence electrons. The lowest BCUT2D eigenvalue weighted by Gasteiger charge is -2.37. The highest BCUT2D eigenvalue weighted by atomic mass is 16.5. The van der Waals surface area contributed by atoms with Crippen LogP contribution in [0.15, 0.2) is 59.4 Å². The van der Waals surface area contributed by atoms with Gasteiger partial charge in [-0.25, -0.2) is 15.0 Å². The van der Waals surface area contributed by atoms with Gasteiger partial charge in [-0.2, -0.15) is 0 Å². The molecule has 2 aromatic heterocycles. The summed E-state index contributed by atoms with van der Waals surface area (Å²) in [6, 6.07) is 10.5. The second-order valence-corrected chi connectivity index (χ2v) is 9.01. The Hall–Kier alpha value is -3.20. The van der Waals surface area contributed by atoms with E-state index >= 15 is 0 Å². The molecule has 6 rings (SSSR count). The molecule has 1 aromatic carbocycles. The number of ether oxygens (including phenoxy) is 1. The van der Waals surface area contributed by atoms with Gasteiger partial charge in [0.1, 0.15) is 17.9 Å². The van der Waals surface area contributed by atoms with Crippen LogP contribution in [-0.4, -0.2) is 91.0 Å². The van der Waals surface area contributed by atoms with E-state index in [-0.39, 0.29) is 0 Å². The molecule has 2 fully saturated rings. The summed E-state index contributed by atoms with van der Waals surface area (Å²) >= 11 is 0. The summed E-state index contributed by atoms with van der Waals surface area (Å²) in [6.07, 6.45) is 8.17. The summed E-state index contributed by atoms with van der Waals surface area (Å²) in [5.74, 6) is 1.80. The molecule has 34 heavy (non-hydrogen) atoms. The highest BCUT2D eigenvalue weighted by Crippen LogP contribution is 2.42. The predicted octanol–water partition coefficient (Wildman–Crippen LogP) is 3.10. The molecular formula is C26H30N6O2. The Morgan fingerprint density at radius 3 is 2.50 bits per heavy atom. The predicted molar refractivity (Wildman–Crippen MR) is 133 cm³/mol. The van der Waals surface area contributed by atoms with Gasteiger partial charge in [0.2, 0.25) is 5.71 Å². The Morgan fingerprint density at radius 2 is 1.71 bits per heavy atom. The Labute approximate surface area is 199 Å². The molecule has 0 N–H and O–H groups in total. The Bertz CT molecular complexity index is 1210. The molecule has 0 aliphatic carbocycles. The molecule has 3 aliphatic rings. The van der Waals surface area contributed by atoms with Crippen LogP contribution in [0.4, 0.5) is 5.82 Å². The molecule has 3 aliphatic heterocycles. The van der Waals surface area contributed by atoms with Crippen LogP contribution in [0.1, 0.15) is 5.76 Å². The van der Waals surface area contributed by atoms with Crippen LogP contribution >= 0.6 is 0 Å². The first-order chi connectivity index (χ1) is 16.8. The lowest BCUT2D eigenvalue weighted by molar-refractivity contribution is -0.0575. The van der Waals surface area contributed by atoms with E-state index in [1.807, 2.05) is 6.07 Å². The maximum Gasteiger partial charge on any atom is 0.232 e. The van der Waals surface area contributed by atoms with Crippen molar-refractivity contribution in [3.05, 3.63) is 60.8 Å². The molecule has 0 radical (unpaired) electrons. The number of likely N-dealkylation sites (N-methyl/N-ethyl adjacent to an activating group) is 1. The van der Waals surface area contributed by atoms with Gasteiger partial charge in [0, 0.05) is 56.6 Å². The fraction of sp³-hybridized carbons (Fsp3) is 0.385. The molecular weight excluding hydrogens is 428 g/mol. The van der Waals surface area contributed by atoms with Crippen molar-refractivity contribution >= 4 is 22.5 Å². The van der Waals surface area contributed by atoms with Gasteiger partial charge in [0.15, 0.2) is 0 Å². The normalized spacial score (nSPS) is 20.2. The smallest absolute Gasteiger partial charge is 0.232 e.